The van der Waals surface area contributed by atoms with Crippen molar-refractivity contribution in [3.63, 3.8) is 0 Å². The zero-order chi connectivity index (χ0) is 17.1. The second-order valence-corrected chi connectivity index (χ2v) is 6.69. The minimum atomic E-state index is -0.531. The van der Waals surface area contributed by atoms with Gasteiger partial charge in [-0.05, 0) is 54.2 Å². The summed E-state index contributed by atoms with van der Waals surface area (Å²) in [7, 11) is 0. The highest BCUT2D eigenvalue weighted by Gasteiger charge is 2.28. The van der Waals surface area contributed by atoms with E-state index in [1.54, 1.807) is 12.1 Å². The molecule has 126 valence electrons. The number of halogens is 1. The number of hydrogen-bond donors (Lipinski definition) is 2. The third-order valence-electron chi connectivity index (χ3n) is 4.28. The van der Waals surface area contributed by atoms with E-state index >= 15 is 0 Å². The Kier molecular flexibility index (Phi) is 4.84. The van der Waals surface area contributed by atoms with Crippen LogP contribution in [0.3, 0.4) is 0 Å². The molecule has 24 heavy (non-hydrogen) atoms. The normalized spacial score (nSPS) is 15.2. The van der Waals surface area contributed by atoms with E-state index in [2.05, 4.69) is 36.6 Å². The van der Waals surface area contributed by atoms with E-state index in [0.717, 1.165) is 24.1 Å². The van der Waals surface area contributed by atoms with Crippen molar-refractivity contribution in [2.45, 2.75) is 44.7 Å². The van der Waals surface area contributed by atoms with Gasteiger partial charge in [-0.25, -0.2) is 4.39 Å². The second-order valence-electron chi connectivity index (χ2n) is 6.69. The van der Waals surface area contributed by atoms with E-state index in [0.29, 0.717) is 5.92 Å². The summed E-state index contributed by atoms with van der Waals surface area (Å²) >= 11 is 0. The molecule has 0 unspecified atom stereocenters. The van der Waals surface area contributed by atoms with Gasteiger partial charge in [-0.1, -0.05) is 38.1 Å². The van der Waals surface area contributed by atoms with Gasteiger partial charge in [-0.2, -0.15) is 0 Å². The molecule has 1 saturated carbocycles. The zero-order valence-corrected chi connectivity index (χ0v) is 14.1. The van der Waals surface area contributed by atoms with Crippen LogP contribution in [0.15, 0.2) is 48.5 Å². The largest absolute Gasteiger partial charge is 0.370 e. The molecule has 4 heteroatoms. The quantitative estimate of drug-likeness (QED) is 0.827. The van der Waals surface area contributed by atoms with Crippen LogP contribution < -0.4 is 10.6 Å². The van der Waals surface area contributed by atoms with Gasteiger partial charge in [0, 0.05) is 11.7 Å². The first-order valence-corrected chi connectivity index (χ1v) is 8.45. The number of carbonyl (C=O) groups is 1. The second kappa shape index (κ2) is 7.04. The summed E-state index contributed by atoms with van der Waals surface area (Å²) in [5.41, 5.74) is 2.88. The van der Waals surface area contributed by atoms with Crippen LogP contribution in [-0.4, -0.2) is 11.9 Å². The highest BCUT2D eigenvalue weighted by atomic mass is 19.1. The van der Waals surface area contributed by atoms with Crippen LogP contribution in [0.2, 0.25) is 0 Å². The molecule has 0 saturated heterocycles. The monoisotopic (exact) mass is 326 g/mol. The third kappa shape index (κ3) is 4.13. The zero-order valence-electron chi connectivity index (χ0n) is 14.1. The number of carbonyl (C=O) groups excluding carboxylic acids is 1. The van der Waals surface area contributed by atoms with Crippen LogP contribution in [0.1, 0.15) is 49.8 Å². The Hall–Kier alpha value is -2.36. The molecule has 1 atom stereocenters. The lowest BCUT2D eigenvalue weighted by atomic mass is 10.0. The number of amides is 1. The Morgan fingerprint density at radius 3 is 2.12 bits per heavy atom. The maximum absolute atomic E-state index is 13.2. The number of benzene rings is 2. The Morgan fingerprint density at radius 2 is 1.58 bits per heavy atom. The highest BCUT2D eigenvalue weighted by Crippen LogP contribution is 2.25. The van der Waals surface area contributed by atoms with Crippen molar-refractivity contribution in [2.24, 2.45) is 0 Å². The number of nitrogens with one attached hydrogen (secondary N) is 2. The molecule has 2 N–H and O–H groups in total. The molecule has 0 aromatic heterocycles. The summed E-state index contributed by atoms with van der Waals surface area (Å²) in [5, 5.41) is 6.30. The summed E-state index contributed by atoms with van der Waals surface area (Å²) in [6, 6.07) is 13.9. The van der Waals surface area contributed by atoms with Crippen LogP contribution in [0.25, 0.3) is 0 Å². The van der Waals surface area contributed by atoms with Crippen molar-refractivity contribution in [1.82, 2.24) is 5.32 Å². The first kappa shape index (κ1) is 16.5. The van der Waals surface area contributed by atoms with Crippen LogP contribution in [0.5, 0.6) is 0 Å². The molecule has 1 amide bonds. The Labute approximate surface area is 142 Å². The van der Waals surface area contributed by atoms with Crippen LogP contribution in [0.4, 0.5) is 10.1 Å². The molecule has 0 aliphatic heterocycles. The van der Waals surface area contributed by atoms with Crippen LogP contribution >= 0.6 is 0 Å². The Bertz CT molecular complexity index is 691. The smallest absolute Gasteiger partial charge is 0.247 e. The minimum Gasteiger partial charge on any atom is -0.370 e. The third-order valence-corrected chi connectivity index (χ3v) is 4.28. The van der Waals surface area contributed by atoms with E-state index in [4.69, 9.17) is 0 Å². The molecule has 1 aliphatic carbocycles. The fraction of sp³-hybridized carbons (Fsp3) is 0.350. The van der Waals surface area contributed by atoms with E-state index in [9.17, 15) is 9.18 Å². The number of anilines is 1. The van der Waals surface area contributed by atoms with Crippen molar-refractivity contribution in [3.8, 4) is 0 Å². The van der Waals surface area contributed by atoms with Crippen LogP contribution in [0, 0.1) is 5.82 Å². The molecular formula is C20H23FN2O. The van der Waals surface area contributed by atoms with Crippen molar-refractivity contribution in [1.29, 1.82) is 0 Å². The van der Waals surface area contributed by atoms with E-state index in [1.165, 1.54) is 17.7 Å². The van der Waals surface area contributed by atoms with Crippen molar-refractivity contribution < 1.29 is 9.18 Å². The van der Waals surface area contributed by atoms with Gasteiger partial charge in [-0.15, -0.1) is 0 Å². The number of hydrogen-bond acceptors (Lipinski definition) is 2. The number of rotatable bonds is 6. The SMILES string of the molecule is CC(C)c1ccc(N[C@H](C(=O)NC2CC2)c2ccc(F)cc2)cc1. The van der Waals surface area contributed by atoms with E-state index in [-0.39, 0.29) is 17.8 Å². The summed E-state index contributed by atoms with van der Waals surface area (Å²) in [6.45, 7) is 4.29. The summed E-state index contributed by atoms with van der Waals surface area (Å²) in [6.07, 6.45) is 2.07. The van der Waals surface area contributed by atoms with Gasteiger partial charge in [0.05, 0.1) is 0 Å². The average molecular weight is 326 g/mol. The van der Waals surface area contributed by atoms with E-state index < -0.39 is 6.04 Å². The molecule has 0 heterocycles. The summed E-state index contributed by atoms with van der Waals surface area (Å²) < 4.78 is 13.2. The van der Waals surface area contributed by atoms with Gasteiger partial charge in [0.15, 0.2) is 0 Å². The van der Waals surface area contributed by atoms with Gasteiger partial charge in [0.25, 0.3) is 0 Å². The highest BCUT2D eigenvalue weighted by molar-refractivity contribution is 5.86. The van der Waals surface area contributed by atoms with Crippen LogP contribution in [-0.2, 0) is 4.79 Å². The predicted octanol–water partition coefficient (Wildman–Crippen LogP) is 4.38. The standard InChI is InChI=1S/C20H23FN2O/c1-13(2)14-5-9-17(10-6-14)22-19(20(24)23-18-11-12-18)15-3-7-16(21)8-4-15/h3-10,13,18-19,22H,11-12H2,1-2H3,(H,23,24)/t19-/m0/s1. The molecule has 0 bridgehead atoms. The summed E-state index contributed by atoms with van der Waals surface area (Å²) in [4.78, 5) is 12.6. The predicted molar refractivity (Wildman–Crippen MR) is 94.5 cm³/mol. The van der Waals surface area contributed by atoms with Gasteiger partial charge in [-0.3, -0.25) is 4.79 Å². The van der Waals surface area contributed by atoms with Gasteiger partial charge in [0.1, 0.15) is 11.9 Å². The van der Waals surface area contributed by atoms with E-state index in [1.807, 2.05) is 12.1 Å². The summed E-state index contributed by atoms with van der Waals surface area (Å²) in [5.74, 6) is 0.0866. The molecule has 0 radical (unpaired) electrons. The molecule has 1 fully saturated rings. The maximum Gasteiger partial charge on any atom is 0.247 e. The first-order valence-electron chi connectivity index (χ1n) is 8.45. The average Bonchev–Trinajstić information content (AvgIpc) is 3.38. The Morgan fingerprint density at radius 1 is 1.00 bits per heavy atom. The lowest BCUT2D eigenvalue weighted by molar-refractivity contribution is -0.122. The molecule has 3 nitrogen and oxygen atoms in total. The molecule has 2 aromatic rings. The van der Waals surface area contributed by atoms with Gasteiger partial charge < -0.3 is 10.6 Å². The maximum atomic E-state index is 13.2. The van der Waals surface area contributed by atoms with Crippen molar-refractivity contribution in [3.05, 3.63) is 65.5 Å². The molecule has 2 aromatic carbocycles. The lowest BCUT2D eigenvalue weighted by Crippen LogP contribution is -2.34. The van der Waals surface area contributed by atoms with Gasteiger partial charge in [0.2, 0.25) is 5.91 Å². The fourth-order valence-electron chi connectivity index (χ4n) is 2.60. The Balaban J connectivity index is 1.80. The fourth-order valence-corrected chi connectivity index (χ4v) is 2.60. The van der Waals surface area contributed by atoms with Gasteiger partial charge >= 0.3 is 0 Å². The lowest BCUT2D eigenvalue weighted by Gasteiger charge is -2.20. The molecular weight excluding hydrogens is 303 g/mol. The topological polar surface area (TPSA) is 41.1 Å². The first-order chi connectivity index (χ1) is 11.5. The molecule has 3 rings (SSSR count). The minimum absolute atomic E-state index is 0.0722. The molecule has 0 spiro atoms. The molecule has 1 aliphatic rings. The van der Waals surface area contributed by atoms with Crippen molar-refractivity contribution >= 4 is 11.6 Å². The van der Waals surface area contributed by atoms with Crippen molar-refractivity contribution in [2.75, 3.05) is 5.32 Å².